The van der Waals surface area contributed by atoms with Gasteiger partial charge in [0.1, 0.15) is 17.3 Å². The molecule has 0 bridgehead atoms. The van der Waals surface area contributed by atoms with E-state index in [2.05, 4.69) is 32.6 Å². The van der Waals surface area contributed by atoms with Crippen LogP contribution in [0.5, 0.6) is 11.5 Å². The molecule has 2 aromatic rings. The van der Waals surface area contributed by atoms with Crippen LogP contribution in [0.1, 0.15) is 77.0 Å². The van der Waals surface area contributed by atoms with Crippen LogP contribution in [0.2, 0.25) is 0 Å². The lowest BCUT2D eigenvalue weighted by Gasteiger charge is -2.27. The number of hydrogen-bond donors (Lipinski definition) is 1. The second kappa shape index (κ2) is 15.3. The van der Waals surface area contributed by atoms with Crippen molar-refractivity contribution < 1.29 is 24.2 Å². The molecule has 1 heterocycles. The minimum Gasteiger partial charge on any atom is -0.507 e. The zero-order chi connectivity index (χ0) is 28.2. The number of ether oxygens (including phenoxy) is 2. The minimum atomic E-state index is -0.684. The molecule has 3 rings (SSSR count). The third-order valence-electron chi connectivity index (χ3n) is 7.14. The fourth-order valence-electron chi connectivity index (χ4n) is 4.77. The largest absolute Gasteiger partial charge is 0.507 e. The summed E-state index contributed by atoms with van der Waals surface area (Å²) >= 11 is 0. The van der Waals surface area contributed by atoms with Crippen molar-refractivity contribution in [3.63, 3.8) is 0 Å². The summed E-state index contributed by atoms with van der Waals surface area (Å²) in [4.78, 5) is 30.6. The smallest absolute Gasteiger partial charge is 0.295 e. The van der Waals surface area contributed by atoms with Gasteiger partial charge >= 0.3 is 0 Å². The van der Waals surface area contributed by atoms with Crippen molar-refractivity contribution in [2.75, 3.05) is 39.4 Å². The van der Waals surface area contributed by atoms with Crippen molar-refractivity contribution >= 4 is 17.4 Å². The van der Waals surface area contributed by atoms with Crippen molar-refractivity contribution in [3.05, 3.63) is 65.2 Å². The molecule has 1 aliphatic rings. The monoisotopic (exact) mass is 536 g/mol. The number of ketones is 1. The number of benzene rings is 2. The fourth-order valence-corrected chi connectivity index (χ4v) is 4.77. The molecule has 1 amide bonds. The fraction of sp³-hybridized carbons (Fsp3) is 0.500. The average molecular weight is 537 g/mol. The van der Waals surface area contributed by atoms with Gasteiger partial charge in [0.15, 0.2) is 0 Å². The number of aliphatic hydroxyl groups excluding tert-OH is 1. The SMILES string of the molecule is CCCCOc1ccc(C2C(=C(O)c3cccc(OCCCC)c3)C(=O)C(=O)N2CCCN(CC)CC)cc1. The molecule has 1 N–H and O–H groups in total. The summed E-state index contributed by atoms with van der Waals surface area (Å²) in [5.74, 6) is -0.0804. The summed E-state index contributed by atoms with van der Waals surface area (Å²) < 4.78 is 11.6. The van der Waals surface area contributed by atoms with Crippen LogP contribution in [-0.4, -0.2) is 66.0 Å². The summed E-state index contributed by atoms with van der Waals surface area (Å²) in [7, 11) is 0. The van der Waals surface area contributed by atoms with Crippen LogP contribution >= 0.6 is 0 Å². The van der Waals surface area contributed by atoms with E-state index in [4.69, 9.17) is 9.47 Å². The number of hydrogen-bond acceptors (Lipinski definition) is 6. The highest BCUT2D eigenvalue weighted by molar-refractivity contribution is 6.46. The number of Topliss-reactive ketones (excluding diaryl/α,β-unsaturated/α-hetero) is 1. The van der Waals surface area contributed by atoms with Crippen molar-refractivity contribution in [2.24, 2.45) is 0 Å². The maximum atomic E-state index is 13.4. The molecule has 1 aliphatic heterocycles. The summed E-state index contributed by atoms with van der Waals surface area (Å²) in [5, 5.41) is 11.4. The van der Waals surface area contributed by atoms with Gasteiger partial charge in [-0.05, 0) is 68.7 Å². The van der Waals surface area contributed by atoms with Gasteiger partial charge in [0, 0.05) is 12.1 Å². The molecular weight excluding hydrogens is 492 g/mol. The number of nitrogens with zero attached hydrogens (tertiary/aromatic N) is 2. The lowest BCUT2D eigenvalue weighted by Crippen LogP contribution is -2.33. The Kier molecular flexibility index (Phi) is 11.9. The minimum absolute atomic E-state index is 0.105. The molecule has 212 valence electrons. The molecule has 0 aromatic heterocycles. The van der Waals surface area contributed by atoms with Crippen molar-refractivity contribution in [3.8, 4) is 11.5 Å². The molecule has 0 saturated carbocycles. The van der Waals surface area contributed by atoms with Crippen LogP contribution in [0.15, 0.2) is 54.1 Å². The number of amides is 1. The molecule has 1 fully saturated rings. The Morgan fingerprint density at radius 2 is 1.51 bits per heavy atom. The highest BCUT2D eigenvalue weighted by Crippen LogP contribution is 2.40. The van der Waals surface area contributed by atoms with Crippen LogP contribution in [0.4, 0.5) is 0 Å². The average Bonchev–Trinajstić information content (AvgIpc) is 3.21. The molecule has 1 atom stereocenters. The maximum Gasteiger partial charge on any atom is 0.295 e. The normalized spacial score (nSPS) is 16.7. The number of rotatable bonds is 16. The lowest BCUT2D eigenvalue weighted by molar-refractivity contribution is -0.140. The standard InChI is InChI=1S/C32H44N2O5/c1-5-9-21-38-26-17-15-24(16-18-26)29-28(30(35)25-13-11-14-27(23-25)39-22-10-6-2)31(36)32(37)34(29)20-12-19-33(7-3)8-4/h11,13-18,23,29,35H,5-10,12,19-22H2,1-4H3. The Bertz CT molecular complexity index is 1110. The number of carbonyl (C=O) groups excluding carboxylic acids is 2. The number of carbonyl (C=O) groups is 2. The Morgan fingerprint density at radius 1 is 0.872 bits per heavy atom. The van der Waals surface area contributed by atoms with E-state index in [0.29, 0.717) is 31.1 Å². The topological polar surface area (TPSA) is 79.3 Å². The Morgan fingerprint density at radius 3 is 2.13 bits per heavy atom. The highest BCUT2D eigenvalue weighted by atomic mass is 16.5. The van der Waals surface area contributed by atoms with Gasteiger partial charge in [-0.25, -0.2) is 0 Å². The molecule has 2 aromatic carbocycles. The predicted octanol–water partition coefficient (Wildman–Crippen LogP) is 6.20. The zero-order valence-electron chi connectivity index (χ0n) is 23.9. The van der Waals surface area contributed by atoms with Gasteiger partial charge in [-0.15, -0.1) is 0 Å². The predicted molar refractivity (Wildman–Crippen MR) is 155 cm³/mol. The van der Waals surface area contributed by atoms with Gasteiger partial charge in [0.05, 0.1) is 24.8 Å². The van der Waals surface area contributed by atoms with Crippen molar-refractivity contribution in [1.29, 1.82) is 0 Å². The molecule has 7 nitrogen and oxygen atoms in total. The van der Waals surface area contributed by atoms with E-state index in [1.165, 1.54) is 0 Å². The van der Waals surface area contributed by atoms with E-state index in [0.717, 1.165) is 63.1 Å². The van der Waals surface area contributed by atoms with Crippen LogP contribution in [0, 0.1) is 0 Å². The van der Waals surface area contributed by atoms with E-state index in [1.807, 2.05) is 30.3 Å². The number of unbranched alkanes of at least 4 members (excludes halogenated alkanes) is 2. The second-order valence-electron chi connectivity index (χ2n) is 9.87. The third-order valence-corrected chi connectivity index (χ3v) is 7.14. The van der Waals surface area contributed by atoms with Crippen LogP contribution in [0.25, 0.3) is 5.76 Å². The van der Waals surface area contributed by atoms with E-state index in [-0.39, 0.29) is 11.3 Å². The van der Waals surface area contributed by atoms with Crippen molar-refractivity contribution in [1.82, 2.24) is 9.80 Å². The van der Waals surface area contributed by atoms with Gasteiger partial charge in [-0.3, -0.25) is 9.59 Å². The maximum absolute atomic E-state index is 13.4. The molecule has 39 heavy (non-hydrogen) atoms. The van der Waals surface area contributed by atoms with Gasteiger partial charge in [-0.2, -0.15) is 0 Å². The quantitative estimate of drug-likeness (QED) is 0.119. The third kappa shape index (κ3) is 7.85. The first-order chi connectivity index (χ1) is 18.9. The first-order valence-electron chi connectivity index (χ1n) is 14.4. The van der Waals surface area contributed by atoms with Crippen molar-refractivity contribution in [2.45, 2.75) is 65.8 Å². The van der Waals surface area contributed by atoms with Crippen LogP contribution < -0.4 is 9.47 Å². The van der Waals surface area contributed by atoms with Gasteiger partial charge < -0.3 is 24.4 Å². The Hall–Kier alpha value is -3.32. The van der Waals surface area contributed by atoms with E-state index >= 15 is 0 Å². The molecule has 1 unspecified atom stereocenters. The Balaban J connectivity index is 1.97. The summed E-state index contributed by atoms with van der Waals surface area (Å²) in [6.45, 7) is 12.7. The molecule has 7 heteroatoms. The molecule has 0 spiro atoms. The number of aliphatic hydroxyl groups is 1. The van der Waals surface area contributed by atoms with E-state index < -0.39 is 17.7 Å². The molecule has 0 aliphatic carbocycles. The first kappa shape index (κ1) is 30.2. The highest BCUT2D eigenvalue weighted by Gasteiger charge is 2.45. The van der Waals surface area contributed by atoms with Gasteiger partial charge in [-0.1, -0.05) is 64.8 Å². The number of likely N-dealkylation sites (tertiary alicyclic amines) is 1. The molecular formula is C32H44N2O5. The molecule has 1 saturated heterocycles. The van der Waals surface area contributed by atoms with Gasteiger partial charge in [0.25, 0.3) is 11.7 Å². The lowest BCUT2D eigenvalue weighted by atomic mass is 9.95. The van der Waals surface area contributed by atoms with Crippen LogP contribution in [-0.2, 0) is 9.59 Å². The zero-order valence-corrected chi connectivity index (χ0v) is 23.9. The first-order valence-corrected chi connectivity index (χ1v) is 14.4. The second-order valence-corrected chi connectivity index (χ2v) is 9.87. The van der Waals surface area contributed by atoms with Gasteiger partial charge in [0.2, 0.25) is 0 Å². The van der Waals surface area contributed by atoms with E-state index in [9.17, 15) is 14.7 Å². The molecule has 0 radical (unpaired) electrons. The van der Waals surface area contributed by atoms with E-state index in [1.54, 1.807) is 23.1 Å². The summed E-state index contributed by atoms with van der Waals surface area (Å²) in [6.07, 6.45) is 4.68. The summed E-state index contributed by atoms with van der Waals surface area (Å²) in [6, 6.07) is 13.9. The Labute approximate surface area is 233 Å². The van der Waals surface area contributed by atoms with Crippen LogP contribution in [0.3, 0.4) is 0 Å². The summed E-state index contributed by atoms with van der Waals surface area (Å²) in [5.41, 5.74) is 1.32.